The summed E-state index contributed by atoms with van der Waals surface area (Å²) in [5, 5.41) is 3.23. The van der Waals surface area contributed by atoms with Crippen molar-refractivity contribution >= 4 is 38.3 Å². The molecular formula is C9H9N3OS. The van der Waals surface area contributed by atoms with Crippen molar-refractivity contribution in [2.24, 2.45) is 0 Å². The number of nitrogens with zero attached hydrogens (tertiary/aromatic N) is 1. The summed E-state index contributed by atoms with van der Waals surface area (Å²) in [4.78, 5) is 14.9. The molecule has 0 aliphatic carbocycles. The molecule has 0 unspecified atom stereocenters. The van der Waals surface area contributed by atoms with Gasteiger partial charge in [-0.3, -0.25) is 4.79 Å². The second kappa shape index (κ2) is 3.26. The van der Waals surface area contributed by atoms with Crippen LogP contribution in [-0.4, -0.2) is 10.9 Å². The van der Waals surface area contributed by atoms with E-state index < -0.39 is 0 Å². The number of nitrogen functional groups attached to an aromatic ring is 1. The molecule has 1 aromatic carbocycles. The molecule has 1 aromatic heterocycles. The van der Waals surface area contributed by atoms with E-state index in [1.54, 1.807) is 0 Å². The fraction of sp³-hybridized carbons (Fsp3) is 0.111. The van der Waals surface area contributed by atoms with Crippen LogP contribution in [0.5, 0.6) is 0 Å². The highest BCUT2D eigenvalue weighted by Crippen LogP contribution is 2.25. The number of nitrogens with one attached hydrogen (secondary N) is 1. The first-order valence-electron chi connectivity index (χ1n) is 4.09. The lowest BCUT2D eigenvalue weighted by molar-refractivity contribution is -0.114. The van der Waals surface area contributed by atoms with E-state index in [4.69, 9.17) is 5.73 Å². The van der Waals surface area contributed by atoms with Gasteiger partial charge in [0.1, 0.15) is 0 Å². The van der Waals surface area contributed by atoms with Crippen molar-refractivity contribution in [3.05, 3.63) is 18.2 Å². The van der Waals surface area contributed by atoms with Gasteiger partial charge in [-0.05, 0) is 18.2 Å². The monoisotopic (exact) mass is 207 g/mol. The Labute approximate surface area is 84.8 Å². The summed E-state index contributed by atoms with van der Waals surface area (Å²) in [5.74, 6) is -0.0902. The largest absolute Gasteiger partial charge is 0.375 e. The van der Waals surface area contributed by atoms with E-state index in [0.717, 1.165) is 15.9 Å². The summed E-state index contributed by atoms with van der Waals surface area (Å²) >= 11 is 1.43. The number of aromatic nitrogens is 1. The number of anilines is 2. The SMILES string of the molecule is CC(=O)Nc1ccc2sc(N)nc2c1. The number of hydrogen-bond acceptors (Lipinski definition) is 4. The minimum atomic E-state index is -0.0902. The van der Waals surface area contributed by atoms with Gasteiger partial charge in [-0.25, -0.2) is 4.98 Å². The quantitative estimate of drug-likeness (QED) is 0.749. The molecule has 1 heterocycles. The molecule has 3 N–H and O–H groups in total. The van der Waals surface area contributed by atoms with Gasteiger partial charge in [0, 0.05) is 12.6 Å². The van der Waals surface area contributed by atoms with Gasteiger partial charge in [0.25, 0.3) is 0 Å². The van der Waals surface area contributed by atoms with Gasteiger partial charge in [0.05, 0.1) is 10.2 Å². The molecule has 0 fully saturated rings. The first-order chi connectivity index (χ1) is 6.65. The maximum atomic E-state index is 10.8. The average Bonchev–Trinajstić information content (AvgIpc) is 2.42. The molecule has 0 saturated carbocycles. The van der Waals surface area contributed by atoms with Crippen molar-refractivity contribution in [2.45, 2.75) is 6.92 Å². The lowest BCUT2D eigenvalue weighted by Crippen LogP contribution is -2.05. The minimum Gasteiger partial charge on any atom is -0.375 e. The molecule has 5 heteroatoms. The van der Waals surface area contributed by atoms with E-state index in [1.807, 2.05) is 18.2 Å². The number of amides is 1. The van der Waals surface area contributed by atoms with Crippen molar-refractivity contribution in [1.82, 2.24) is 4.98 Å². The summed E-state index contributed by atoms with van der Waals surface area (Å²) in [6, 6.07) is 5.54. The minimum absolute atomic E-state index is 0.0902. The van der Waals surface area contributed by atoms with Gasteiger partial charge in [-0.15, -0.1) is 0 Å². The third kappa shape index (κ3) is 1.67. The van der Waals surface area contributed by atoms with Crippen molar-refractivity contribution in [2.75, 3.05) is 11.1 Å². The van der Waals surface area contributed by atoms with E-state index >= 15 is 0 Å². The number of carbonyl (C=O) groups excluding carboxylic acids is 1. The van der Waals surface area contributed by atoms with Crippen molar-refractivity contribution in [1.29, 1.82) is 0 Å². The zero-order chi connectivity index (χ0) is 10.1. The van der Waals surface area contributed by atoms with Gasteiger partial charge < -0.3 is 11.1 Å². The standard InChI is InChI=1S/C9H9N3OS/c1-5(13)11-6-2-3-8-7(4-6)12-9(10)14-8/h2-4H,1H3,(H2,10,12)(H,11,13). The fourth-order valence-electron chi connectivity index (χ4n) is 1.23. The lowest BCUT2D eigenvalue weighted by atomic mass is 10.3. The maximum absolute atomic E-state index is 10.8. The smallest absolute Gasteiger partial charge is 0.221 e. The van der Waals surface area contributed by atoms with Crippen LogP contribution in [0, 0.1) is 0 Å². The third-order valence-electron chi connectivity index (χ3n) is 1.72. The number of thiazole rings is 1. The van der Waals surface area contributed by atoms with E-state index in [0.29, 0.717) is 5.13 Å². The Morgan fingerprint density at radius 2 is 2.36 bits per heavy atom. The molecule has 0 aliphatic heterocycles. The number of fused-ring (bicyclic) bond motifs is 1. The molecule has 0 atom stereocenters. The highest BCUT2D eigenvalue weighted by atomic mass is 32.1. The first-order valence-corrected chi connectivity index (χ1v) is 4.90. The molecule has 2 rings (SSSR count). The highest BCUT2D eigenvalue weighted by molar-refractivity contribution is 7.22. The van der Waals surface area contributed by atoms with Gasteiger partial charge >= 0.3 is 0 Å². The van der Waals surface area contributed by atoms with E-state index in [1.165, 1.54) is 18.3 Å². The Hall–Kier alpha value is -1.62. The molecule has 0 spiro atoms. The molecule has 0 radical (unpaired) electrons. The Bertz CT molecular complexity index is 492. The second-order valence-electron chi connectivity index (χ2n) is 2.92. The molecule has 0 saturated heterocycles. The predicted octanol–water partition coefficient (Wildman–Crippen LogP) is 1.84. The molecular weight excluding hydrogens is 198 g/mol. The van der Waals surface area contributed by atoms with Crippen LogP contribution in [0.2, 0.25) is 0 Å². The average molecular weight is 207 g/mol. The van der Waals surface area contributed by atoms with Gasteiger partial charge in [-0.2, -0.15) is 0 Å². The van der Waals surface area contributed by atoms with E-state index in [9.17, 15) is 4.79 Å². The molecule has 1 amide bonds. The molecule has 72 valence electrons. The predicted molar refractivity (Wildman–Crippen MR) is 58.3 cm³/mol. The lowest BCUT2D eigenvalue weighted by Gasteiger charge is -1.99. The number of carbonyl (C=O) groups is 1. The zero-order valence-electron chi connectivity index (χ0n) is 7.57. The second-order valence-corrected chi connectivity index (χ2v) is 3.98. The van der Waals surface area contributed by atoms with Crippen LogP contribution in [-0.2, 0) is 4.79 Å². The van der Waals surface area contributed by atoms with E-state index in [-0.39, 0.29) is 5.91 Å². The van der Waals surface area contributed by atoms with Crippen LogP contribution in [0.15, 0.2) is 18.2 Å². The van der Waals surface area contributed by atoms with Crippen LogP contribution >= 0.6 is 11.3 Å². The summed E-state index contributed by atoms with van der Waals surface area (Å²) in [6.07, 6.45) is 0. The fourth-order valence-corrected chi connectivity index (χ4v) is 1.94. The Balaban J connectivity index is 2.45. The maximum Gasteiger partial charge on any atom is 0.221 e. The topological polar surface area (TPSA) is 68.0 Å². The van der Waals surface area contributed by atoms with Gasteiger partial charge in [0.15, 0.2) is 5.13 Å². The highest BCUT2D eigenvalue weighted by Gasteiger charge is 2.02. The van der Waals surface area contributed by atoms with Crippen LogP contribution in [0.1, 0.15) is 6.92 Å². The molecule has 14 heavy (non-hydrogen) atoms. The normalized spacial score (nSPS) is 10.4. The molecule has 0 aliphatic rings. The summed E-state index contributed by atoms with van der Waals surface area (Å²) in [5.41, 5.74) is 7.13. The molecule has 4 nitrogen and oxygen atoms in total. The van der Waals surface area contributed by atoms with Crippen molar-refractivity contribution in [3.8, 4) is 0 Å². The number of hydrogen-bond donors (Lipinski definition) is 2. The van der Waals surface area contributed by atoms with E-state index in [2.05, 4.69) is 10.3 Å². The number of benzene rings is 1. The van der Waals surface area contributed by atoms with Crippen LogP contribution in [0.3, 0.4) is 0 Å². The third-order valence-corrected chi connectivity index (χ3v) is 2.59. The number of rotatable bonds is 1. The Morgan fingerprint density at radius 3 is 3.07 bits per heavy atom. The van der Waals surface area contributed by atoms with Gasteiger partial charge in [-0.1, -0.05) is 11.3 Å². The Kier molecular flexibility index (Phi) is 2.09. The van der Waals surface area contributed by atoms with Crippen LogP contribution < -0.4 is 11.1 Å². The van der Waals surface area contributed by atoms with Crippen LogP contribution in [0.25, 0.3) is 10.2 Å². The zero-order valence-corrected chi connectivity index (χ0v) is 8.39. The number of nitrogens with two attached hydrogens (primary N) is 1. The van der Waals surface area contributed by atoms with Crippen molar-refractivity contribution in [3.63, 3.8) is 0 Å². The van der Waals surface area contributed by atoms with Crippen LogP contribution in [0.4, 0.5) is 10.8 Å². The summed E-state index contributed by atoms with van der Waals surface area (Å²) in [7, 11) is 0. The van der Waals surface area contributed by atoms with Crippen molar-refractivity contribution < 1.29 is 4.79 Å². The summed E-state index contributed by atoms with van der Waals surface area (Å²) < 4.78 is 1.02. The molecule has 0 bridgehead atoms. The van der Waals surface area contributed by atoms with Gasteiger partial charge in [0.2, 0.25) is 5.91 Å². The first kappa shape index (κ1) is 8.96. The summed E-state index contributed by atoms with van der Waals surface area (Å²) in [6.45, 7) is 1.47. The molecule has 2 aromatic rings. The Morgan fingerprint density at radius 1 is 1.57 bits per heavy atom.